The van der Waals surface area contributed by atoms with E-state index < -0.39 is 23.5 Å². The number of fused-ring (bicyclic) bond motifs is 2. The number of aliphatic carboxylic acids is 1. The largest absolute Gasteiger partial charge is 0.490 e. The zero-order chi connectivity index (χ0) is 31.3. The first kappa shape index (κ1) is 30.0. The van der Waals surface area contributed by atoms with Crippen LogP contribution in [-0.4, -0.2) is 69.3 Å². The van der Waals surface area contributed by atoms with Crippen LogP contribution in [0.4, 0.5) is 10.4 Å². The monoisotopic (exact) mass is 607 g/mol. The summed E-state index contributed by atoms with van der Waals surface area (Å²) in [7, 11) is 1.84. The molecule has 0 aliphatic carbocycles. The first-order valence-corrected chi connectivity index (χ1v) is 15.0. The van der Waals surface area contributed by atoms with Crippen LogP contribution < -0.4 is 9.64 Å². The van der Waals surface area contributed by atoms with Crippen molar-refractivity contribution in [3.8, 4) is 28.5 Å². The summed E-state index contributed by atoms with van der Waals surface area (Å²) in [6.07, 6.45) is 0.907. The van der Waals surface area contributed by atoms with Crippen molar-refractivity contribution in [1.82, 2.24) is 19.7 Å². The Kier molecular flexibility index (Phi) is 7.83. The molecule has 1 saturated heterocycles. The van der Waals surface area contributed by atoms with Gasteiger partial charge in [0, 0.05) is 54.5 Å². The van der Waals surface area contributed by atoms with Gasteiger partial charge in [0.1, 0.15) is 11.3 Å². The van der Waals surface area contributed by atoms with E-state index in [1.807, 2.05) is 29.5 Å². The molecule has 0 saturated carbocycles. The lowest BCUT2D eigenvalue weighted by Gasteiger charge is -2.29. The molecule has 0 radical (unpaired) electrons. The molecule has 2 aliphatic rings. The molecule has 0 amide bonds. The number of hydrogen-bond donors (Lipinski definition) is 1. The summed E-state index contributed by atoms with van der Waals surface area (Å²) >= 11 is 0. The number of carboxylic acids is 1. The van der Waals surface area contributed by atoms with Crippen molar-refractivity contribution in [3.05, 3.63) is 40.3 Å². The Balaban J connectivity index is 1.60. The minimum absolute atomic E-state index is 0.257. The van der Waals surface area contributed by atoms with Gasteiger partial charge >= 0.3 is 12.0 Å². The molecule has 0 spiro atoms. The predicted molar refractivity (Wildman–Crippen MR) is 162 cm³/mol. The van der Waals surface area contributed by atoms with E-state index in [0.717, 1.165) is 30.5 Å². The molecule has 2 aliphatic heterocycles. The Labute approximate surface area is 254 Å². The van der Waals surface area contributed by atoms with Crippen LogP contribution in [0.25, 0.3) is 33.7 Å². The Bertz CT molecular complexity index is 1730. The number of rotatable bonds is 6. The highest BCUT2D eigenvalue weighted by atomic mass is 19.1. The van der Waals surface area contributed by atoms with Gasteiger partial charge in [-0.2, -0.15) is 0 Å². The summed E-state index contributed by atoms with van der Waals surface area (Å²) in [4.78, 5) is 19.7. The van der Waals surface area contributed by atoms with Crippen LogP contribution in [-0.2, 0) is 27.7 Å². The minimum atomic E-state index is -1.36. The van der Waals surface area contributed by atoms with Gasteiger partial charge in [0.25, 0.3) is 5.89 Å². The second-order valence-electron chi connectivity index (χ2n) is 12.4. The highest BCUT2D eigenvalue weighted by Gasteiger charge is 2.35. The Morgan fingerprint density at radius 3 is 2.66 bits per heavy atom. The van der Waals surface area contributed by atoms with Gasteiger partial charge in [-0.3, -0.25) is 0 Å². The Morgan fingerprint density at radius 2 is 1.91 bits per heavy atom. The quantitative estimate of drug-likeness (QED) is 0.299. The summed E-state index contributed by atoms with van der Waals surface area (Å²) in [5.41, 5.74) is 3.91. The van der Waals surface area contributed by atoms with Crippen LogP contribution in [0.2, 0.25) is 0 Å². The van der Waals surface area contributed by atoms with E-state index in [9.17, 15) is 9.90 Å². The minimum Gasteiger partial charge on any atom is -0.490 e. The summed E-state index contributed by atoms with van der Waals surface area (Å²) in [6, 6.07) is 3.69. The highest BCUT2D eigenvalue weighted by molar-refractivity contribution is 6.01. The number of carboxylic acid groups (broad SMARTS) is 1. The molecular weight excluding hydrogens is 569 g/mol. The lowest BCUT2D eigenvalue weighted by Crippen LogP contribution is -2.28. The zero-order valence-electron chi connectivity index (χ0n) is 26.0. The van der Waals surface area contributed by atoms with Crippen molar-refractivity contribution in [1.29, 1.82) is 0 Å². The highest BCUT2D eigenvalue weighted by Crippen LogP contribution is 2.45. The van der Waals surface area contributed by atoms with E-state index in [4.69, 9.17) is 23.6 Å². The van der Waals surface area contributed by atoms with Crippen LogP contribution in [0.5, 0.6) is 5.75 Å². The first-order valence-electron chi connectivity index (χ1n) is 15.0. The van der Waals surface area contributed by atoms with Crippen molar-refractivity contribution in [3.63, 3.8) is 0 Å². The lowest BCUT2D eigenvalue weighted by molar-refractivity contribution is -0.160. The van der Waals surface area contributed by atoms with Crippen molar-refractivity contribution < 1.29 is 32.9 Å². The molecule has 44 heavy (non-hydrogen) atoms. The third-order valence-corrected chi connectivity index (χ3v) is 8.19. The zero-order valence-corrected chi connectivity index (χ0v) is 26.0. The number of ether oxygens (including phenoxy) is 3. The van der Waals surface area contributed by atoms with Gasteiger partial charge in [-0.15, -0.1) is 5.10 Å². The third kappa shape index (κ3) is 5.41. The average Bonchev–Trinajstić information content (AvgIpc) is 3.47. The van der Waals surface area contributed by atoms with Gasteiger partial charge in [-0.25, -0.2) is 14.2 Å². The molecule has 4 aromatic rings. The topological polar surface area (TPSA) is 125 Å². The van der Waals surface area contributed by atoms with Crippen LogP contribution in [0.3, 0.4) is 0 Å². The summed E-state index contributed by atoms with van der Waals surface area (Å²) in [5.74, 6) is -1.10. The van der Waals surface area contributed by atoms with E-state index in [1.165, 1.54) is 6.07 Å². The van der Waals surface area contributed by atoms with E-state index in [0.29, 0.717) is 83.8 Å². The number of aromatic nitrogens is 4. The van der Waals surface area contributed by atoms with Crippen molar-refractivity contribution >= 4 is 23.0 Å². The molecular formula is C32H38FN5O6. The van der Waals surface area contributed by atoms with E-state index in [1.54, 1.807) is 27.7 Å². The molecule has 1 atom stereocenters. The summed E-state index contributed by atoms with van der Waals surface area (Å²) < 4.78 is 41.1. The summed E-state index contributed by atoms with van der Waals surface area (Å²) in [5, 5.41) is 19.7. The number of nitrogens with zero attached hydrogens (tertiary/aromatic N) is 5. The maximum Gasteiger partial charge on any atom is 0.337 e. The number of hydrogen-bond acceptors (Lipinski definition) is 9. The van der Waals surface area contributed by atoms with Crippen LogP contribution in [0.1, 0.15) is 62.1 Å². The maximum absolute atomic E-state index is 15.7. The van der Waals surface area contributed by atoms with Crippen LogP contribution in [0.15, 0.2) is 16.5 Å². The van der Waals surface area contributed by atoms with Gasteiger partial charge in [0.05, 0.1) is 18.8 Å². The predicted octanol–water partition coefficient (Wildman–Crippen LogP) is 5.54. The standard InChI is InChI=1S/C32H38FN5O6/c1-17-19-9-7-13-42-26(19)22(33)15-20(17)25-21-16-23(29-35-36-31(43-29)38-10-8-12-41-14-11-38)37(6)28(21)34-18(2)24(25)27(30(39)40)44-32(3,4)5/h15-16,27H,7-14H2,1-6H3,(H,39,40)/t27-/m0/s1. The van der Waals surface area contributed by atoms with E-state index >= 15 is 4.39 Å². The fourth-order valence-corrected chi connectivity index (χ4v) is 6.16. The fourth-order valence-electron chi connectivity index (χ4n) is 6.16. The second kappa shape index (κ2) is 11.5. The van der Waals surface area contributed by atoms with Crippen molar-refractivity contribution in [2.24, 2.45) is 7.05 Å². The fraction of sp³-hybridized carbons (Fsp3) is 0.500. The number of carbonyl (C=O) groups is 1. The van der Waals surface area contributed by atoms with Gasteiger partial charge in [0.15, 0.2) is 17.7 Å². The number of anilines is 1. The molecule has 1 fully saturated rings. The Morgan fingerprint density at radius 1 is 1.11 bits per heavy atom. The molecule has 0 unspecified atom stereocenters. The molecule has 6 rings (SSSR count). The Hall–Kier alpha value is -4.03. The smallest absolute Gasteiger partial charge is 0.337 e. The molecule has 1 N–H and O–H groups in total. The van der Waals surface area contributed by atoms with Crippen molar-refractivity contribution in [2.45, 2.75) is 65.6 Å². The van der Waals surface area contributed by atoms with E-state index in [-0.39, 0.29) is 5.75 Å². The van der Waals surface area contributed by atoms with Gasteiger partial charge in [-0.05, 0) is 77.1 Å². The van der Waals surface area contributed by atoms with Gasteiger partial charge in [0.2, 0.25) is 0 Å². The first-order chi connectivity index (χ1) is 20.9. The molecule has 234 valence electrons. The van der Waals surface area contributed by atoms with Crippen molar-refractivity contribution in [2.75, 3.05) is 37.8 Å². The normalized spacial score (nSPS) is 16.5. The summed E-state index contributed by atoms with van der Waals surface area (Å²) in [6.45, 7) is 12.2. The SMILES string of the molecule is Cc1nc2c(cc(-c3nnc(N4CCCOCC4)o3)n2C)c(-c2cc(F)c3c(c2C)CCCO3)c1[C@H](OC(C)(C)C)C(=O)O. The average molecular weight is 608 g/mol. The van der Waals surface area contributed by atoms with E-state index in [2.05, 4.69) is 10.2 Å². The van der Waals surface area contributed by atoms with Crippen LogP contribution >= 0.6 is 0 Å². The number of benzene rings is 1. The maximum atomic E-state index is 15.7. The molecule has 0 bridgehead atoms. The number of pyridine rings is 1. The molecule has 11 nitrogen and oxygen atoms in total. The third-order valence-electron chi connectivity index (χ3n) is 8.19. The molecule has 3 aromatic heterocycles. The number of halogens is 1. The number of aryl methyl sites for hydroxylation is 2. The second-order valence-corrected chi connectivity index (χ2v) is 12.4. The lowest BCUT2D eigenvalue weighted by atomic mass is 9.86. The molecule has 5 heterocycles. The molecule has 1 aromatic carbocycles. The van der Waals surface area contributed by atoms with Gasteiger partial charge in [-0.1, -0.05) is 5.10 Å². The van der Waals surface area contributed by atoms with Gasteiger partial charge < -0.3 is 33.2 Å². The molecule has 12 heteroatoms. The van der Waals surface area contributed by atoms with Crippen LogP contribution in [0, 0.1) is 19.7 Å².